The third-order valence-corrected chi connectivity index (χ3v) is 12.5. The first kappa shape index (κ1) is 59.6. The summed E-state index contributed by atoms with van der Waals surface area (Å²) in [4.78, 5) is 98.1. The van der Waals surface area contributed by atoms with Gasteiger partial charge in [0.25, 0.3) is 0 Å². The largest absolute Gasteiger partial charge is 0.445 e. The summed E-state index contributed by atoms with van der Waals surface area (Å²) in [6.07, 6.45) is 1.07. The average molecular weight is 993 g/mol. The van der Waals surface area contributed by atoms with Gasteiger partial charge in [-0.1, -0.05) is 95.8 Å². The molecular formula is C53H84N8O10. The van der Waals surface area contributed by atoms with Crippen LogP contribution in [0.4, 0.5) is 9.59 Å². The first-order chi connectivity index (χ1) is 32.8. The lowest BCUT2D eigenvalue weighted by Gasteiger charge is -2.51. The highest BCUT2D eigenvalue weighted by atomic mass is 16.6. The van der Waals surface area contributed by atoms with Crippen LogP contribution in [0.3, 0.4) is 0 Å². The van der Waals surface area contributed by atoms with Gasteiger partial charge in [0.15, 0.2) is 0 Å². The van der Waals surface area contributed by atoms with E-state index in [0.717, 1.165) is 11.1 Å². The van der Waals surface area contributed by atoms with E-state index in [1.54, 1.807) is 34.6 Å². The van der Waals surface area contributed by atoms with Gasteiger partial charge in [0.05, 0.1) is 0 Å². The highest BCUT2D eigenvalue weighted by Gasteiger charge is 2.46. The molecule has 2 aromatic carbocycles. The quantitative estimate of drug-likeness (QED) is 0.0702. The summed E-state index contributed by atoms with van der Waals surface area (Å²) < 4.78 is 10.8. The molecule has 18 nitrogen and oxygen atoms in total. The van der Waals surface area contributed by atoms with Gasteiger partial charge in [-0.05, 0) is 116 Å². The van der Waals surface area contributed by atoms with Crippen molar-refractivity contribution in [1.29, 1.82) is 0 Å². The SMILES string of the molecule is C.CC(C)C[C@H](NC(=O)OC(C)(C)C)C(=O)N[C@H](Cc1ccccc1)C(=O)N1CCC[C@H]1C(=O)N[C@H](C(=O)N[C@@H](CCCNC(=O)OCc1ccccc1)C(=O)NC1CC(C)(C)N(O)C(C)(C)C1)C(C)C. The molecule has 2 aromatic rings. The van der Waals surface area contributed by atoms with Gasteiger partial charge in [0, 0.05) is 36.6 Å². The van der Waals surface area contributed by atoms with Gasteiger partial charge in [0.1, 0.15) is 42.4 Å². The molecule has 0 radical (unpaired) electrons. The van der Waals surface area contributed by atoms with Crippen LogP contribution in [0.1, 0.15) is 140 Å². The molecule has 7 N–H and O–H groups in total. The van der Waals surface area contributed by atoms with Crippen molar-refractivity contribution in [3.63, 3.8) is 0 Å². The van der Waals surface area contributed by atoms with E-state index in [1.165, 1.54) is 9.96 Å². The third kappa shape index (κ3) is 18.7. The standard InChI is InChI=1S/C52H80N8O10.CH4/c1-33(2)28-39(57-49(67)70-50(5,6)7)44(62)56-40(29-35-20-14-12-15-21-35)47(65)59-27-19-25-41(59)45(63)58-42(34(3)4)46(64)55-38(24-18-26-53-48(66)69-32-36-22-16-13-17-23-36)43(61)54-37-30-51(8,9)60(68)52(10,11)31-37;/h12-17,20-23,33-34,37-42,68H,18-19,24-32H2,1-11H3,(H,53,66)(H,54,61)(H,55,64)(H,56,62)(H,57,67)(H,58,63);1H4/t38-,39-,40+,41-,42-;/m0./s1. The first-order valence-corrected chi connectivity index (χ1v) is 24.8. The molecule has 4 rings (SSSR count). The molecular weight excluding hydrogens is 909 g/mol. The number of nitrogens with one attached hydrogen (secondary N) is 6. The highest BCUT2D eigenvalue weighted by Crippen LogP contribution is 2.36. The van der Waals surface area contributed by atoms with Crippen LogP contribution in [0.15, 0.2) is 60.7 Å². The molecule has 0 saturated carbocycles. The lowest BCUT2D eigenvalue weighted by atomic mass is 9.79. The normalized spacial score (nSPS) is 18.5. The molecule has 0 aliphatic carbocycles. The fourth-order valence-electron chi connectivity index (χ4n) is 9.24. The number of nitrogens with zero attached hydrogens (tertiary/aromatic N) is 2. The topological polar surface area (TPSA) is 237 Å². The number of alkyl carbamates (subject to hydrolysis) is 2. The third-order valence-electron chi connectivity index (χ3n) is 12.5. The predicted molar refractivity (Wildman–Crippen MR) is 272 cm³/mol. The molecule has 2 fully saturated rings. The van der Waals surface area contributed by atoms with Crippen LogP contribution < -0.4 is 31.9 Å². The molecule has 0 spiro atoms. The second-order valence-corrected chi connectivity index (χ2v) is 21.7. The van der Waals surface area contributed by atoms with Crippen molar-refractivity contribution >= 4 is 41.7 Å². The van der Waals surface area contributed by atoms with Crippen LogP contribution in [0, 0.1) is 11.8 Å². The summed E-state index contributed by atoms with van der Waals surface area (Å²) in [6.45, 7) is 20.5. The average Bonchev–Trinajstić information content (AvgIpc) is 3.77. The van der Waals surface area contributed by atoms with Crippen molar-refractivity contribution < 1.29 is 48.2 Å². The second-order valence-electron chi connectivity index (χ2n) is 21.7. The zero-order valence-electron chi connectivity index (χ0n) is 43.2. The summed E-state index contributed by atoms with van der Waals surface area (Å²) in [6, 6.07) is 12.8. The molecule has 18 heteroatoms. The molecule has 2 heterocycles. The molecule has 2 aliphatic rings. The van der Waals surface area contributed by atoms with E-state index in [4.69, 9.17) is 9.47 Å². The summed E-state index contributed by atoms with van der Waals surface area (Å²) in [5.41, 5.74) is -0.533. The van der Waals surface area contributed by atoms with E-state index in [1.807, 2.05) is 102 Å². The lowest BCUT2D eigenvalue weighted by Crippen LogP contribution is -2.64. The van der Waals surface area contributed by atoms with Crippen LogP contribution in [-0.4, -0.2) is 123 Å². The van der Waals surface area contributed by atoms with Gasteiger partial charge >= 0.3 is 12.2 Å². The molecule has 5 atom stereocenters. The lowest BCUT2D eigenvalue weighted by molar-refractivity contribution is -0.246. The number of carbonyl (C=O) groups is 7. The van der Waals surface area contributed by atoms with Crippen LogP contribution in [-0.2, 0) is 46.5 Å². The number of hydrogen-bond donors (Lipinski definition) is 7. The van der Waals surface area contributed by atoms with Crippen molar-refractivity contribution in [2.75, 3.05) is 13.1 Å². The Morgan fingerprint density at radius 2 is 1.32 bits per heavy atom. The van der Waals surface area contributed by atoms with E-state index < -0.39 is 94.5 Å². The van der Waals surface area contributed by atoms with Crippen LogP contribution in [0.2, 0.25) is 0 Å². The van der Waals surface area contributed by atoms with Crippen molar-refractivity contribution in [3.05, 3.63) is 71.8 Å². The maximum Gasteiger partial charge on any atom is 0.408 e. The number of hydrogen-bond acceptors (Lipinski definition) is 11. The van der Waals surface area contributed by atoms with Gasteiger partial charge in [-0.2, -0.15) is 5.06 Å². The predicted octanol–water partition coefficient (Wildman–Crippen LogP) is 6.14. The Morgan fingerprint density at radius 3 is 1.89 bits per heavy atom. The number of benzene rings is 2. The van der Waals surface area contributed by atoms with E-state index in [9.17, 15) is 38.8 Å². The fraction of sp³-hybridized carbons (Fsp3) is 0.642. The number of carbonyl (C=O) groups excluding carboxylic acids is 7. The first-order valence-electron chi connectivity index (χ1n) is 24.8. The van der Waals surface area contributed by atoms with Crippen molar-refractivity contribution in [2.24, 2.45) is 11.8 Å². The Balaban J connectivity index is 0.0000133. The van der Waals surface area contributed by atoms with Gasteiger partial charge in [-0.25, -0.2) is 9.59 Å². The molecule has 396 valence electrons. The fourth-order valence-corrected chi connectivity index (χ4v) is 9.24. The Bertz CT molecular complexity index is 2060. The van der Waals surface area contributed by atoms with Crippen molar-refractivity contribution in [3.8, 4) is 0 Å². The van der Waals surface area contributed by atoms with Crippen LogP contribution >= 0.6 is 0 Å². The van der Waals surface area contributed by atoms with Crippen LogP contribution in [0.5, 0.6) is 0 Å². The van der Waals surface area contributed by atoms with Gasteiger partial charge in [0.2, 0.25) is 29.5 Å². The van der Waals surface area contributed by atoms with E-state index in [-0.39, 0.29) is 58.3 Å². The van der Waals surface area contributed by atoms with Crippen molar-refractivity contribution in [2.45, 2.75) is 194 Å². The molecule has 0 aromatic heterocycles. The molecule has 71 heavy (non-hydrogen) atoms. The van der Waals surface area contributed by atoms with E-state index >= 15 is 0 Å². The van der Waals surface area contributed by atoms with E-state index in [2.05, 4.69) is 31.9 Å². The Hall–Kier alpha value is -5.75. The Labute approximate surface area is 421 Å². The van der Waals surface area contributed by atoms with Gasteiger partial charge < -0.3 is 51.5 Å². The summed E-state index contributed by atoms with van der Waals surface area (Å²) in [7, 11) is 0. The number of rotatable bonds is 21. The Morgan fingerprint density at radius 1 is 0.746 bits per heavy atom. The summed E-state index contributed by atoms with van der Waals surface area (Å²) in [5, 5.41) is 29.3. The summed E-state index contributed by atoms with van der Waals surface area (Å²) >= 11 is 0. The second kappa shape index (κ2) is 26.6. The van der Waals surface area contributed by atoms with Crippen molar-refractivity contribution in [1.82, 2.24) is 41.9 Å². The monoisotopic (exact) mass is 993 g/mol. The smallest absolute Gasteiger partial charge is 0.408 e. The molecule has 0 unspecified atom stereocenters. The number of likely N-dealkylation sites (tertiary alicyclic amines) is 1. The van der Waals surface area contributed by atoms with Gasteiger partial charge in [-0.3, -0.25) is 24.0 Å². The zero-order valence-corrected chi connectivity index (χ0v) is 43.2. The molecule has 0 bridgehead atoms. The molecule has 7 amide bonds. The minimum Gasteiger partial charge on any atom is -0.445 e. The Kier molecular flexibility index (Phi) is 22.3. The maximum absolute atomic E-state index is 14.6. The maximum atomic E-state index is 14.6. The van der Waals surface area contributed by atoms with E-state index in [0.29, 0.717) is 32.1 Å². The minimum absolute atomic E-state index is 0. The van der Waals surface area contributed by atoms with Crippen LogP contribution in [0.25, 0.3) is 0 Å². The molecule has 2 saturated heterocycles. The number of ether oxygens (including phenoxy) is 2. The number of hydroxylamine groups is 2. The number of amides is 7. The zero-order chi connectivity index (χ0) is 52.0. The number of piperidine rings is 1. The molecule has 2 aliphatic heterocycles. The van der Waals surface area contributed by atoms with Gasteiger partial charge in [-0.15, -0.1) is 0 Å². The minimum atomic E-state index is -1.11. The highest BCUT2D eigenvalue weighted by molar-refractivity contribution is 5.96. The summed E-state index contributed by atoms with van der Waals surface area (Å²) in [5.74, 6) is -3.14.